The Labute approximate surface area is 171 Å². The van der Waals surface area contributed by atoms with E-state index in [0.29, 0.717) is 24.2 Å². The van der Waals surface area contributed by atoms with Gasteiger partial charge in [-0.1, -0.05) is 43.8 Å². The molecule has 0 aromatic heterocycles. The first-order chi connectivity index (χ1) is 13.4. The number of hydrogen-bond donors (Lipinski definition) is 2. The summed E-state index contributed by atoms with van der Waals surface area (Å²) in [5.74, 6) is 1.34. The van der Waals surface area contributed by atoms with Gasteiger partial charge in [-0.15, -0.1) is 0 Å². The molecule has 0 saturated heterocycles. The first kappa shape index (κ1) is 22.0. The molecule has 0 spiro atoms. The summed E-state index contributed by atoms with van der Waals surface area (Å²) in [6.07, 6.45) is 13.6. The molecule has 3 rings (SSSR count). The normalized spacial score (nSPS) is 31.4. The molecule has 0 amide bonds. The monoisotopic (exact) mass is 391 g/mol. The number of aliphatic hydroxyl groups excluding tert-OH is 2. The largest absolute Gasteiger partial charge is 0.393 e. The number of fused-ring (bicyclic) bond motifs is 1. The maximum atomic E-state index is 12.4. The van der Waals surface area contributed by atoms with E-state index in [2.05, 4.69) is 25.1 Å². The maximum Gasteiger partial charge on any atom is 0.135 e. The van der Waals surface area contributed by atoms with E-state index < -0.39 is 12.2 Å². The molecule has 3 aliphatic carbocycles. The number of nitrogens with zero attached hydrogens (tertiary/aromatic N) is 1. The number of carbonyl (C=O) groups is 1. The highest BCUT2D eigenvalue weighted by atomic mass is 16.3. The van der Waals surface area contributed by atoms with Crippen LogP contribution in [0.3, 0.4) is 0 Å². The van der Waals surface area contributed by atoms with Crippen molar-refractivity contribution in [3.63, 3.8) is 0 Å². The average Bonchev–Trinajstić information content (AvgIpc) is 3.30. The summed E-state index contributed by atoms with van der Waals surface area (Å²) in [5.41, 5.74) is 1.52. The predicted octanol–water partition coefficient (Wildman–Crippen LogP) is 3.95. The maximum absolute atomic E-state index is 12.4. The van der Waals surface area contributed by atoms with Crippen LogP contribution >= 0.6 is 0 Å². The summed E-state index contributed by atoms with van der Waals surface area (Å²) in [6.45, 7) is 1.15. The molecule has 2 saturated carbocycles. The molecule has 2 fully saturated rings. The second kappa shape index (κ2) is 10.4. The van der Waals surface area contributed by atoms with E-state index in [1.807, 2.05) is 0 Å². The van der Waals surface area contributed by atoms with Gasteiger partial charge in [0.25, 0.3) is 0 Å². The zero-order valence-corrected chi connectivity index (χ0v) is 18.0. The molecule has 0 heterocycles. The second-order valence-electron chi connectivity index (χ2n) is 10.0. The minimum absolute atomic E-state index is 0.125. The number of allylic oxidation sites excluding steroid dienone is 2. The van der Waals surface area contributed by atoms with Crippen LogP contribution in [0.5, 0.6) is 0 Å². The van der Waals surface area contributed by atoms with Crippen LogP contribution < -0.4 is 0 Å². The number of Topliss-reactive ketones (excluding diaryl/α,β-unsaturated/α-hetero) is 1. The van der Waals surface area contributed by atoms with Crippen LogP contribution in [0.25, 0.3) is 0 Å². The standard InChI is InChI=1S/C24H41NO3/c1-25(2)11-7-3-4-10-18-12-19-15-22(27)24(21(19)14-18)23(28)16-20(26)13-17-8-5-6-9-17/h12,17,19,21-24,27-28H,3-11,13-16H2,1-2H3/t19-,21-,22+,23-,24+/m0/s1. The fourth-order valence-corrected chi connectivity index (χ4v) is 6.01. The summed E-state index contributed by atoms with van der Waals surface area (Å²) in [5, 5.41) is 21.3. The van der Waals surface area contributed by atoms with Crippen LogP contribution in [0.2, 0.25) is 0 Å². The minimum Gasteiger partial charge on any atom is -0.393 e. The number of carbonyl (C=O) groups excluding carboxylic acids is 1. The van der Waals surface area contributed by atoms with Crippen LogP contribution in [-0.4, -0.2) is 53.7 Å². The van der Waals surface area contributed by atoms with Gasteiger partial charge in [-0.2, -0.15) is 0 Å². The molecule has 0 radical (unpaired) electrons. The van der Waals surface area contributed by atoms with Crippen LogP contribution in [0.15, 0.2) is 11.6 Å². The topological polar surface area (TPSA) is 60.8 Å². The SMILES string of the molecule is CN(C)CCCCCC1=C[C@H]2C[C@@H](O)[C@H]([C@@H](O)CC(=O)CC3CCCC3)[C@H]2C1. The molecule has 2 N–H and O–H groups in total. The molecule has 0 unspecified atom stereocenters. The van der Waals surface area contributed by atoms with Crippen molar-refractivity contribution in [1.29, 1.82) is 0 Å². The predicted molar refractivity (Wildman–Crippen MR) is 113 cm³/mol. The van der Waals surface area contributed by atoms with E-state index in [0.717, 1.165) is 25.8 Å². The second-order valence-corrected chi connectivity index (χ2v) is 10.0. The fourth-order valence-electron chi connectivity index (χ4n) is 6.01. The molecule has 3 aliphatic rings. The Kier molecular flexibility index (Phi) is 8.13. The van der Waals surface area contributed by atoms with Gasteiger partial charge in [0, 0.05) is 18.8 Å². The summed E-state index contributed by atoms with van der Waals surface area (Å²) < 4.78 is 0. The summed E-state index contributed by atoms with van der Waals surface area (Å²) in [4.78, 5) is 14.7. The third kappa shape index (κ3) is 5.90. The van der Waals surface area contributed by atoms with E-state index in [1.54, 1.807) is 0 Å². The van der Waals surface area contributed by atoms with Gasteiger partial charge >= 0.3 is 0 Å². The van der Waals surface area contributed by atoms with Gasteiger partial charge in [0.15, 0.2) is 0 Å². The molecule has 28 heavy (non-hydrogen) atoms. The van der Waals surface area contributed by atoms with Crippen LogP contribution in [0.1, 0.15) is 77.0 Å². The minimum atomic E-state index is -0.674. The summed E-state index contributed by atoms with van der Waals surface area (Å²) in [7, 11) is 4.24. The lowest BCUT2D eigenvalue weighted by molar-refractivity contribution is -0.123. The Hall–Kier alpha value is -0.710. The first-order valence-corrected chi connectivity index (χ1v) is 11.7. The van der Waals surface area contributed by atoms with E-state index in [4.69, 9.17) is 0 Å². The molecule has 5 atom stereocenters. The summed E-state index contributed by atoms with van der Waals surface area (Å²) in [6, 6.07) is 0. The summed E-state index contributed by atoms with van der Waals surface area (Å²) >= 11 is 0. The van der Waals surface area contributed by atoms with Gasteiger partial charge in [-0.25, -0.2) is 0 Å². The highest BCUT2D eigenvalue weighted by Gasteiger charge is 2.47. The van der Waals surface area contributed by atoms with Gasteiger partial charge in [-0.3, -0.25) is 4.79 Å². The zero-order chi connectivity index (χ0) is 20.1. The van der Waals surface area contributed by atoms with Crippen molar-refractivity contribution in [2.45, 2.75) is 89.3 Å². The fraction of sp³-hybridized carbons (Fsp3) is 0.875. The molecular weight excluding hydrogens is 350 g/mol. The van der Waals surface area contributed by atoms with E-state index in [9.17, 15) is 15.0 Å². The van der Waals surface area contributed by atoms with E-state index in [1.165, 1.54) is 50.5 Å². The number of aliphatic hydroxyl groups is 2. The Morgan fingerprint density at radius 3 is 2.68 bits per heavy atom. The number of hydrogen-bond acceptors (Lipinski definition) is 4. The lowest BCUT2D eigenvalue weighted by Crippen LogP contribution is -2.34. The van der Waals surface area contributed by atoms with Crippen molar-refractivity contribution in [2.24, 2.45) is 23.7 Å². The van der Waals surface area contributed by atoms with Crippen molar-refractivity contribution in [3.05, 3.63) is 11.6 Å². The van der Waals surface area contributed by atoms with Crippen molar-refractivity contribution < 1.29 is 15.0 Å². The third-order valence-corrected chi connectivity index (χ3v) is 7.43. The lowest BCUT2D eigenvalue weighted by atomic mass is 9.82. The quantitative estimate of drug-likeness (QED) is 0.413. The van der Waals surface area contributed by atoms with Gasteiger partial charge in [-0.05, 0) is 70.5 Å². The Morgan fingerprint density at radius 1 is 1.21 bits per heavy atom. The van der Waals surface area contributed by atoms with Crippen LogP contribution in [0, 0.1) is 23.7 Å². The van der Waals surface area contributed by atoms with Crippen LogP contribution in [-0.2, 0) is 4.79 Å². The molecule has 0 aromatic rings. The van der Waals surface area contributed by atoms with Gasteiger partial charge in [0.05, 0.1) is 12.2 Å². The van der Waals surface area contributed by atoms with Crippen molar-refractivity contribution in [2.75, 3.05) is 20.6 Å². The first-order valence-electron chi connectivity index (χ1n) is 11.7. The number of unbranched alkanes of at least 4 members (excludes halogenated alkanes) is 2. The smallest absolute Gasteiger partial charge is 0.135 e. The van der Waals surface area contributed by atoms with Gasteiger partial charge in [0.1, 0.15) is 5.78 Å². The lowest BCUT2D eigenvalue weighted by Gasteiger charge is -2.27. The Bertz CT molecular complexity index is 538. The molecule has 0 aliphatic heterocycles. The molecular formula is C24H41NO3. The van der Waals surface area contributed by atoms with Gasteiger partial charge in [0.2, 0.25) is 0 Å². The third-order valence-electron chi connectivity index (χ3n) is 7.43. The van der Waals surface area contributed by atoms with Crippen LogP contribution in [0.4, 0.5) is 0 Å². The van der Waals surface area contributed by atoms with E-state index in [-0.39, 0.29) is 18.1 Å². The van der Waals surface area contributed by atoms with Gasteiger partial charge < -0.3 is 15.1 Å². The van der Waals surface area contributed by atoms with Crippen molar-refractivity contribution in [1.82, 2.24) is 4.90 Å². The molecule has 0 bridgehead atoms. The molecule has 4 heteroatoms. The highest BCUT2D eigenvalue weighted by molar-refractivity contribution is 5.79. The molecule has 0 aromatic carbocycles. The average molecular weight is 392 g/mol. The molecule has 4 nitrogen and oxygen atoms in total. The Balaban J connectivity index is 1.43. The van der Waals surface area contributed by atoms with Crippen molar-refractivity contribution >= 4 is 5.78 Å². The molecule has 160 valence electrons. The number of rotatable bonds is 11. The van der Waals surface area contributed by atoms with Crippen molar-refractivity contribution in [3.8, 4) is 0 Å². The number of ketones is 1. The highest BCUT2D eigenvalue weighted by Crippen LogP contribution is 2.49. The Morgan fingerprint density at radius 2 is 1.96 bits per heavy atom. The zero-order valence-electron chi connectivity index (χ0n) is 18.0. The van der Waals surface area contributed by atoms with E-state index >= 15 is 0 Å².